The molecule has 0 spiro atoms. The van der Waals surface area contributed by atoms with Gasteiger partial charge in [0.1, 0.15) is 5.92 Å². The number of carboxylic acid groups (broad SMARTS) is 1. The molecule has 0 aromatic heterocycles. The van der Waals surface area contributed by atoms with Crippen molar-refractivity contribution in [2.75, 3.05) is 5.32 Å². The van der Waals surface area contributed by atoms with Crippen molar-refractivity contribution in [3.63, 3.8) is 0 Å². The molecule has 7 heteroatoms. The lowest BCUT2D eigenvalue weighted by Gasteiger charge is -2.21. The molecule has 3 rings (SSSR count). The van der Waals surface area contributed by atoms with Gasteiger partial charge in [-0.25, -0.2) is 0 Å². The van der Waals surface area contributed by atoms with Crippen LogP contribution in [0, 0.1) is 11.8 Å². The standard InChI is InChI=1S/C15H14N2O5/c16-13(18)7-1-3-8(4-2-7)17-14(19)11-9-5-6-10(22-9)12(11)15(20)21/h1-6,9-12H,(H2,16,18)(H,17,19)(H,20,21)/t9-,10-,11-,12-/m0/s1. The Kier molecular flexibility index (Phi) is 3.42. The van der Waals surface area contributed by atoms with Gasteiger partial charge in [0.25, 0.3) is 0 Å². The van der Waals surface area contributed by atoms with Gasteiger partial charge in [-0.15, -0.1) is 0 Å². The summed E-state index contributed by atoms with van der Waals surface area (Å²) in [5, 5.41) is 11.9. The maximum Gasteiger partial charge on any atom is 0.310 e. The Balaban J connectivity index is 1.75. The number of benzene rings is 1. The number of nitrogens with two attached hydrogens (primary N) is 1. The van der Waals surface area contributed by atoms with E-state index in [1.54, 1.807) is 12.2 Å². The zero-order chi connectivity index (χ0) is 15.9. The SMILES string of the molecule is NC(=O)c1ccc(NC(=O)[C@@H]2[C@@H](C(=O)O)[C@@H]3C=C[C@@H]2O3)cc1. The number of amides is 2. The summed E-state index contributed by atoms with van der Waals surface area (Å²) >= 11 is 0. The summed E-state index contributed by atoms with van der Waals surface area (Å²) in [6.45, 7) is 0. The number of fused-ring (bicyclic) bond motifs is 2. The maximum absolute atomic E-state index is 12.4. The summed E-state index contributed by atoms with van der Waals surface area (Å²) in [5.74, 6) is -3.70. The lowest BCUT2D eigenvalue weighted by atomic mass is 9.82. The number of carbonyl (C=O) groups excluding carboxylic acids is 2. The molecule has 114 valence electrons. The van der Waals surface area contributed by atoms with Crippen LogP contribution in [0.4, 0.5) is 5.69 Å². The van der Waals surface area contributed by atoms with E-state index < -0.39 is 41.8 Å². The molecule has 1 saturated heterocycles. The number of aliphatic carboxylic acids is 1. The Labute approximate surface area is 125 Å². The van der Waals surface area contributed by atoms with Crippen molar-refractivity contribution in [1.82, 2.24) is 0 Å². The van der Waals surface area contributed by atoms with E-state index in [1.807, 2.05) is 0 Å². The Morgan fingerprint density at radius 3 is 2.18 bits per heavy atom. The van der Waals surface area contributed by atoms with E-state index >= 15 is 0 Å². The minimum Gasteiger partial charge on any atom is -0.481 e. The van der Waals surface area contributed by atoms with Crippen molar-refractivity contribution in [3.8, 4) is 0 Å². The molecule has 4 atom stereocenters. The number of hydrogen-bond acceptors (Lipinski definition) is 4. The number of anilines is 1. The number of rotatable bonds is 4. The molecule has 0 unspecified atom stereocenters. The van der Waals surface area contributed by atoms with Crippen LogP contribution in [0.25, 0.3) is 0 Å². The molecular formula is C15H14N2O5. The highest BCUT2D eigenvalue weighted by Crippen LogP contribution is 2.39. The molecule has 2 bridgehead atoms. The molecule has 2 heterocycles. The topological polar surface area (TPSA) is 119 Å². The summed E-state index contributed by atoms with van der Waals surface area (Å²) in [6, 6.07) is 6.06. The third kappa shape index (κ3) is 2.35. The summed E-state index contributed by atoms with van der Waals surface area (Å²) in [5.41, 5.74) is 5.93. The second-order valence-electron chi connectivity index (χ2n) is 5.27. The van der Waals surface area contributed by atoms with Gasteiger partial charge in [0, 0.05) is 11.3 Å². The number of hydrogen-bond donors (Lipinski definition) is 3. The Morgan fingerprint density at radius 1 is 1.05 bits per heavy atom. The number of carboxylic acids is 1. The first-order chi connectivity index (χ1) is 10.5. The van der Waals surface area contributed by atoms with Crippen LogP contribution >= 0.6 is 0 Å². The van der Waals surface area contributed by atoms with Gasteiger partial charge in [0.2, 0.25) is 11.8 Å². The summed E-state index contributed by atoms with van der Waals surface area (Å²) in [4.78, 5) is 34.7. The fraction of sp³-hybridized carbons (Fsp3) is 0.267. The molecular weight excluding hydrogens is 288 g/mol. The molecule has 1 aromatic carbocycles. The highest BCUT2D eigenvalue weighted by Gasteiger charge is 2.53. The fourth-order valence-corrected chi connectivity index (χ4v) is 2.86. The van der Waals surface area contributed by atoms with Gasteiger partial charge in [0.15, 0.2) is 0 Å². The molecule has 22 heavy (non-hydrogen) atoms. The molecule has 1 fully saturated rings. The van der Waals surface area contributed by atoms with Crippen LogP contribution in [0.2, 0.25) is 0 Å². The monoisotopic (exact) mass is 302 g/mol. The number of nitrogens with one attached hydrogen (secondary N) is 1. The number of carbonyl (C=O) groups is 3. The third-order valence-electron chi connectivity index (χ3n) is 3.92. The molecule has 0 saturated carbocycles. The van der Waals surface area contributed by atoms with Crippen LogP contribution in [-0.4, -0.2) is 35.1 Å². The van der Waals surface area contributed by atoms with E-state index in [1.165, 1.54) is 24.3 Å². The highest BCUT2D eigenvalue weighted by atomic mass is 16.5. The summed E-state index contributed by atoms with van der Waals surface area (Å²) in [7, 11) is 0. The van der Waals surface area contributed by atoms with Gasteiger partial charge in [-0.05, 0) is 24.3 Å². The maximum atomic E-state index is 12.4. The lowest BCUT2D eigenvalue weighted by Crippen LogP contribution is -2.39. The summed E-state index contributed by atoms with van der Waals surface area (Å²) < 4.78 is 5.45. The van der Waals surface area contributed by atoms with Crippen LogP contribution in [0.5, 0.6) is 0 Å². The van der Waals surface area contributed by atoms with E-state index in [2.05, 4.69) is 5.32 Å². The number of primary amides is 1. The van der Waals surface area contributed by atoms with Crippen LogP contribution in [0.1, 0.15) is 10.4 Å². The van der Waals surface area contributed by atoms with E-state index in [-0.39, 0.29) is 0 Å². The normalized spacial score (nSPS) is 28.5. The quantitative estimate of drug-likeness (QED) is 0.695. The molecule has 2 amide bonds. The van der Waals surface area contributed by atoms with E-state index in [4.69, 9.17) is 10.5 Å². The van der Waals surface area contributed by atoms with E-state index in [0.717, 1.165) is 0 Å². The molecule has 2 aliphatic heterocycles. The van der Waals surface area contributed by atoms with Gasteiger partial charge >= 0.3 is 5.97 Å². The minimum atomic E-state index is -1.05. The fourth-order valence-electron chi connectivity index (χ4n) is 2.86. The average Bonchev–Trinajstić information content (AvgIpc) is 3.08. The minimum absolute atomic E-state index is 0.326. The van der Waals surface area contributed by atoms with Crippen LogP contribution in [0.15, 0.2) is 36.4 Å². The Bertz CT molecular complexity index is 667. The van der Waals surface area contributed by atoms with Crippen LogP contribution in [0.3, 0.4) is 0 Å². The number of ether oxygens (including phenoxy) is 1. The largest absolute Gasteiger partial charge is 0.481 e. The van der Waals surface area contributed by atoms with Crippen molar-refractivity contribution in [3.05, 3.63) is 42.0 Å². The van der Waals surface area contributed by atoms with Gasteiger partial charge in [0.05, 0.1) is 18.1 Å². The average molecular weight is 302 g/mol. The van der Waals surface area contributed by atoms with Crippen molar-refractivity contribution in [1.29, 1.82) is 0 Å². The Morgan fingerprint density at radius 2 is 1.64 bits per heavy atom. The van der Waals surface area contributed by atoms with Crippen molar-refractivity contribution >= 4 is 23.5 Å². The predicted molar refractivity (Wildman–Crippen MR) is 76.0 cm³/mol. The smallest absolute Gasteiger partial charge is 0.310 e. The molecule has 4 N–H and O–H groups in total. The first-order valence-corrected chi connectivity index (χ1v) is 6.74. The van der Waals surface area contributed by atoms with E-state index in [0.29, 0.717) is 11.3 Å². The highest BCUT2D eigenvalue weighted by molar-refractivity contribution is 5.97. The first-order valence-electron chi connectivity index (χ1n) is 6.74. The molecule has 0 aliphatic carbocycles. The summed E-state index contributed by atoms with van der Waals surface area (Å²) in [6.07, 6.45) is 2.31. The molecule has 0 radical (unpaired) electrons. The van der Waals surface area contributed by atoms with Crippen molar-refractivity contribution in [2.24, 2.45) is 17.6 Å². The van der Waals surface area contributed by atoms with Crippen molar-refractivity contribution in [2.45, 2.75) is 12.2 Å². The molecule has 1 aromatic rings. The lowest BCUT2D eigenvalue weighted by molar-refractivity contribution is -0.145. The van der Waals surface area contributed by atoms with Gasteiger partial charge in [-0.2, -0.15) is 0 Å². The second-order valence-corrected chi connectivity index (χ2v) is 5.27. The third-order valence-corrected chi connectivity index (χ3v) is 3.92. The predicted octanol–water partition coefficient (Wildman–Crippen LogP) is 0.378. The molecule has 7 nitrogen and oxygen atoms in total. The van der Waals surface area contributed by atoms with E-state index in [9.17, 15) is 19.5 Å². The van der Waals surface area contributed by atoms with Gasteiger partial charge < -0.3 is 20.9 Å². The second kappa shape index (κ2) is 5.27. The van der Waals surface area contributed by atoms with Gasteiger partial charge in [-0.1, -0.05) is 12.2 Å². The Hall–Kier alpha value is -2.67. The zero-order valence-electron chi connectivity index (χ0n) is 11.4. The van der Waals surface area contributed by atoms with Gasteiger partial charge in [-0.3, -0.25) is 14.4 Å². The van der Waals surface area contributed by atoms with Crippen molar-refractivity contribution < 1.29 is 24.2 Å². The van der Waals surface area contributed by atoms with Crippen LogP contribution in [-0.2, 0) is 14.3 Å². The molecule has 2 aliphatic rings. The first kappa shape index (κ1) is 14.3. The zero-order valence-corrected chi connectivity index (χ0v) is 11.4. The van der Waals surface area contributed by atoms with Crippen LogP contribution < -0.4 is 11.1 Å².